The number of rotatable bonds is 7. The summed E-state index contributed by atoms with van der Waals surface area (Å²) in [4.78, 5) is 40.1. The second-order valence-electron chi connectivity index (χ2n) is 10.9. The first-order valence-electron chi connectivity index (χ1n) is 13.7. The summed E-state index contributed by atoms with van der Waals surface area (Å²) in [5.41, 5.74) is 0.688. The average molecular weight is 480 g/mol. The number of piperazine rings is 1. The van der Waals surface area contributed by atoms with Gasteiger partial charge in [-0.05, 0) is 75.6 Å². The first-order chi connectivity index (χ1) is 17.2. The number of aromatic nitrogens is 1. The molecule has 0 saturated carbocycles. The molecule has 4 aliphatic rings. The van der Waals surface area contributed by atoms with E-state index < -0.39 is 0 Å². The number of nitrogens with zero attached hydrogens (tertiary/aromatic N) is 5. The third-order valence-electron chi connectivity index (χ3n) is 8.84. The summed E-state index contributed by atoms with van der Waals surface area (Å²) < 4.78 is 0. The highest BCUT2D eigenvalue weighted by Gasteiger charge is 2.49. The maximum absolute atomic E-state index is 13.7. The molecule has 1 aromatic heterocycles. The van der Waals surface area contributed by atoms with Gasteiger partial charge in [-0.25, -0.2) is 0 Å². The van der Waals surface area contributed by atoms with Gasteiger partial charge in [0.2, 0.25) is 5.91 Å². The molecule has 0 unspecified atom stereocenters. The number of carbonyl (C=O) groups is 2. The lowest BCUT2D eigenvalue weighted by atomic mass is 9.69. The molecule has 0 radical (unpaired) electrons. The van der Waals surface area contributed by atoms with Gasteiger partial charge in [-0.1, -0.05) is 6.08 Å². The van der Waals surface area contributed by atoms with E-state index in [1.54, 1.807) is 12.4 Å². The second kappa shape index (κ2) is 11.2. The van der Waals surface area contributed by atoms with Crippen LogP contribution in [0, 0.1) is 11.8 Å². The van der Waals surface area contributed by atoms with Gasteiger partial charge in [0.05, 0.1) is 5.56 Å². The van der Waals surface area contributed by atoms with Crippen LogP contribution in [0.25, 0.3) is 0 Å². The van der Waals surface area contributed by atoms with Crippen LogP contribution in [0.2, 0.25) is 0 Å². The van der Waals surface area contributed by atoms with Crippen molar-refractivity contribution in [2.24, 2.45) is 11.8 Å². The van der Waals surface area contributed by atoms with Crippen LogP contribution in [0.1, 0.15) is 55.3 Å². The van der Waals surface area contributed by atoms with Crippen molar-refractivity contribution in [1.29, 1.82) is 0 Å². The van der Waals surface area contributed by atoms with Crippen LogP contribution in [0.15, 0.2) is 37.2 Å². The number of likely N-dealkylation sites (tertiary alicyclic amines) is 1. The van der Waals surface area contributed by atoms with Crippen molar-refractivity contribution in [1.82, 2.24) is 24.6 Å². The lowest BCUT2D eigenvalue weighted by Crippen LogP contribution is -2.65. The molecular formula is C28H41N5O2. The van der Waals surface area contributed by atoms with E-state index in [-0.39, 0.29) is 17.9 Å². The fourth-order valence-electron chi connectivity index (χ4n) is 7.24. The fraction of sp³-hybridized carbons (Fsp3) is 0.679. The van der Waals surface area contributed by atoms with Crippen LogP contribution in [0.3, 0.4) is 0 Å². The number of amides is 2. The predicted octanol–water partition coefficient (Wildman–Crippen LogP) is 2.90. The third-order valence-corrected chi connectivity index (χ3v) is 8.84. The van der Waals surface area contributed by atoms with Gasteiger partial charge in [-0.2, -0.15) is 0 Å². The van der Waals surface area contributed by atoms with Crippen molar-refractivity contribution in [2.45, 2.75) is 57.0 Å². The number of hydrogen-bond acceptors (Lipinski definition) is 5. The van der Waals surface area contributed by atoms with Crippen LogP contribution in [-0.2, 0) is 4.79 Å². The SMILES string of the molecule is C=CCN1CCN(C(=O)CCC[C@@H]2[C@H]3CCCN4CCC[C@@H](CN2C(=O)c2cccnc2)[C@@H]34)CC1. The minimum atomic E-state index is 0.119. The Labute approximate surface area is 210 Å². The molecule has 0 bridgehead atoms. The highest BCUT2D eigenvalue weighted by Crippen LogP contribution is 2.43. The summed E-state index contributed by atoms with van der Waals surface area (Å²) in [7, 11) is 0. The van der Waals surface area contributed by atoms with Crippen LogP contribution >= 0.6 is 0 Å². The smallest absolute Gasteiger partial charge is 0.255 e. The van der Waals surface area contributed by atoms with Crippen molar-refractivity contribution in [3.05, 3.63) is 42.7 Å². The van der Waals surface area contributed by atoms with Crippen molar-refractivity contribution in [3.63, 3.8) is 0 Å². The normalized spacial score (nSPS) is 29.5. The molecule has 2 amide bonds. The van der Waals surface area contributed by atoms with Crippen LogP contribution in [0.4, 0.5) is 0 Å². The van der Waals surface area contributed by atoms with E-state index in [9.17, 15) is 9.59 Å². The van der Waals surface area contributed by atoms with E-state index in [2.05, 4.69) is 26.3 Å². The molecule has 7 nitrogen and oxygen atoms in total. The van der Waals surface area contributed by atoms with E-state index in [4.69, 9.17) is 0 Å². The molecule has 1 aromatic rings. The van der Waals surface area contributed by atoms with E-state index >= 15 is 0 Å². The number of pyridine rings is 1. The maximum atomic E-state index is 13.7. The Hall–Kier alpha value is -2.25. The third kappa shape index (κ3) is 5.31. The topological polar surface area (TPSA) is 60.0 Å². The number of piperidine rings is 3. The summed E-state index contributed by atoms with van der Waals surface area (Å²) in [6.07, 6.45) is 12.6. The molecule has 5 rings (SSSR count). The molecule has 190 valence electrons. The second-order valence-corrected chi connectivity index (χ2v) is 10.9. The lowest BCUT2D eigenvalue weighted by Gasteiger charge is -2.57. The molecular weight excluding hydrogens is 438 g/mol. The number of hydrogen-bond donors (Lipinski definition) is 0. The highest BCUT2D eigenvalue weighted by atomic mass is 16.2. The Morgan fingerprint density at radius 2 is 1.89 bits per heavy atom. The fourth-order valence-corrected chi connectivity index (χ4v) is 7.24. The summed E-state index contributed by atoms with van der Waals surface area (Å²) in [6, 6.07) is 4.56. The Morgan fingerprint density at radius 3 is 2.63 bits per heavy atom. The Kier molecular flexibility index (Phi) is 7.83. The monoisotopic (exact) mass is 479 g/mol. The standard InChI is InChI=1S/C28H41N5O2/c1-2-13-30-16-18-31(19-17-30)26(34)11-3-10-25-24-9-6-15-32-14-5-8-23(27(24)32)21-33(25)28(35)22-7-4-12-29-20-22/h2,4,7,12,20,23-25,27H,1,3,5-6,8-11,13-19,21H2/t23-,24+,25+,27-/m0/s1. The van der Waals surface area contributed by atoms with Crippen molar-refractivity contribution >= 4 is 11.8 Å². The summed E-state index contributed by atoms with van der Waals surface area (Å²) in [5.74, 6) is 1.47. The van der Waals surface area contributed by atoms with E-state index in [0.717, 1.165) is 52.1 Å². The number of carbonyl (C=O) groups excluding carboxylic acids is 2. The van der Waals surface area contributed by atoms with Crippen molar-refractivity contribution in [2.75, 3.05) is 52.4 Å². The molecule has 4 saturated heterocycles. The Bertz CT molecular complexity index is 883. The Balaban J connectivity index is 1.26. The van der Waals surface area contributed by atoms with Gasteiger partial charge in [-0.15, -0.1) is 6.58 Å². The molecule has 0 aromatic carbocycles. The predicted molar refractivity (Wildman–Crippen MR) is 137 cm³/mol. The maximum Gasteiger partial charge on any atom is 0.255 e. The summed E-state index contributed by atoms with van der Waals surface area (Å²) in [6.45, 7) is 11.4. The van der Waals surface area contributed by atoms with Gasteiger partial charge in [0.25, 0.3) is 5.91 Å². The average Bonchev–Trinajstić information content (AvgIpc) is 2.90. The highest BCUT2D eigenvalue weighted by molar-refractivity contribution is 5.94. The zero-order chi connectivity index (χ0) is 24.2. The summed E-state index contributed by atoms with van der Waals surface area (Å²) in [5, 5.41) is 0. The molecule has 7 heteroatoms. The molecule has 35 heavy (non-hydrogen) atoms. The van der Waals surface area contributed by atoms with E-state index in [1.807, 2.05) is 23.1 Å². The van der Waals surface area contributed by atoms with Gasteiger partial charge in [0, 0.05) is 70.2 Å². The molecule has 0 aliphatic carbocycles. The van der Waals surface area contributed by atoms with Crippen LogP contribution in [0.5, 0.6) is 0 Å². The Morgan fingerprint density at radius 1 is 1.09 bits per heavy atom. The molecule has 4 fully saturated rings. The largest absolute Gasteiger partial charge is 0.340 e. The zero-order valence-electron chi connectivity index (χ0n) is 21.1. The van der Waals surface area contributed by atoms with Gasteiger partial charge < -0.3 is 9.80 Å². The minimum absolute atomic E-state index is 0.119. The first kappa shape index (κ1) is 24.4. The van der Waals surface area contributed by atoms with Crippen LogP contribution in [-0.4, -0.2) is 101 Å². The summed E-state index contributed by atoms with van der Waals surface area (Å²) >= 11 is 0. The molecule has 4 atom stereocenters. The molecule has 0 N–H and O–H groups in total. The molecule has 4 aliphatic heterocycles. The van der Waals surface area contributed by atoms with Crippen LogP contribution < -0.4 is 0 Å². The quantitative estimate of drug-likeness (QED) is 0.563. The molecule has 5 heterocycles. The van der Waals surface area contributed by atoms with Gasteiger partial charge in [-0.3, -0.25) is 24.4 Å². The van der Waals surface area contributed by atoms with Gasteiger partial charge >= 0.3 is 0 Å². The van der Waals surface area contributed by atoms with Gasteiger partial charge in [0.1, 0.15) is 0 Å². The molecule has 0 spiro atoms. The van der Waals surface area contributed by atoms with E-state index in [0.29, 0.717) is 29.9 Å². The van der Waals surface area contributed by atoms with E-state index in [1.165, 1.54) is 38.8 Å². The lowest BCUT2D eigenvalue weighted by molar-refractivity contribution is -0.133. The minimum Gasteiger partial charge on any atom is -0.340 e. The van der Waals surface area contributed by atoms with Crippen molar-refractivity contribution < 1.29 is 9.59 Å². The zero-order valence-corrected chi connectivity index (χ0v) is 21.1. The first-order valence-corrected chi connectivity index (χ1v) is 13.7. The van der Waals surface area contributed by atoms with Gasteiger partial charge in [0.15, 0.2) is 0 Å². The van der Waals surface area contributed by atoms with Crippen molar-refractivity contribution in [3.8, 4) is 0 Å².